The van der Waals surface area contributed by atoms with Gasteiger partial charge in [0.1, 0.15) is 13.2 Å². The maximum atomic E-state index is 13.5. The van der Waals surface area contributed by atoms with E-state index in [1.54, 1.807) is 63.6 Å². The summed E-state index contributed by atoms with van der Waals surface area (Å²) in [6.45, 7) is 8.73. The molecule has 0 spiro atoms. The smallest absolute Gasteiger partial charge is 0.435 e. The van der Waals surface area contributed by atoms with Crippen LogP contribution in [0, 0.1) is 17.5 Å². The number of alkyl halides is 3. The summed E-state index contributed by atoms with van der Waals surface area (Å²) >= 11 is 0. The highest BCUT2D eigenvalue weighted by molar-refractivity contribution is 7.90. The second-order valence-electron chi connectivity index (χ2n) is 11.4. The molecule has 0 saturated heterocycles. The van der Waals surface area contributed by atoms with Gasteiger partial charge in [-0.25, -0.2) is 22.6 Å². The van der Waals surface area contributed by atoms with E-state index in [-0.39, 0.29) is 27.8 Å². The Morgan fingerprint density at radius 3 is 2.23 bits per heavy atom. The van der Waals surface area contributed by atoms with Crippen molar-refractivity contribution in [2.45, 2.75) is 58.7 Å². The van der Waals surface area contributed by atoms with Gasteiger partial charge >= 0.3 is 18.2 Å². The number of ether oxygens (including phenoxy) is 2. The Bertz CT molecular complexity index is 1680. The molecule has 0 aliphatic rings. The van der Waals surface area contributed by atoms with Gasteiger partial charge in [0.25, 0.3) is 16.8 Å². The van der Waals surface area contributed by atoms with Crippen molar-refractivity contribution in [1.82, 2.24) is 19.5 Å². The summed E-state index contributed by atoms with van der Waals surface area (Å²) in [6.07, 6.45) is -6.07. The average molecular weight is 685 g/mol. The zero-order chi connectivity index (χ0) is 35.2. The Kier molecular flexibility index (Phi) is 11.4. The number of hydrogen-bond acceptors (Lipinski definition) is 10. The molecular formula is C29H35F3N6O8S. The number of carbonyl (C=O) groups is 2. The third-order valence-corrected chi connectivity index (χ3v) is 7.64. The van der Waals surface area contributed by atoms with Crippen LogP contribution >= 0.6 is 0 Å². The number of nitrogens with one attached hydrogen (secondary N) is 1. The number of aryl methyl sites for hydroxylation is 1. The van der Waals surface area contributed by atoms with E-state index in [0.717, 1.165) is 33.5 Å². The predicted octanol–water partition coefficient (Wildman–Crippen LogP) is 5.35. The first-order valence-corrected chi connectivity index (χ1v) is 15.6. The number of nitrogens with zero attached hydrogens (tertiary/aromatic N) is 5. The molecule has 0 bridgehead atoms. The molecule has 0 unspecified atom stereocenters. The minimum atomic E-state index is -4.72. The molecule has 0 saturated carbocycles. The molecule has 3 aromatic rings. The van der Waals surface area contributed by atoms with Gasteiger partial charge in [0, 0.05) is 5.56 Å². The van der Waals surface area contributed by atoms with Crippen molar-refractivity contribution < 1.29 is 50.5 Å². The standard InChI is InChI=1S/C29H35F3N6O8S/c1-19(2)36(38(41)35-46-18-45-26(39)28(4,5)6)15-16-44-27(40)34-47(42,43)23-13-11-22(12-14-23)37-24(17-25(33-37)29(30,31)32)21-9-7-20(3)8-10-21/h7-14,17,19H,15-16,18H2,1-6H3,(H,34,40)/b38-35-. The molecule has 0 radical (unpaired) electrons. The molecule has 2 aromatic carbocycles. The van der Waals surface area contributed by atoms with Crippen LogP contribution < -0.4 is 4.72 Å². The van der Waals surface area contributed by atoms with Crippen LogP contribution in [0.1, 0.15) is 45.9 Å². The van der Waals surface area contributed by atoms with Crippen molar-refractivity contribution in [3.8, 4) is 16.9 Å². The number of sulfonamides is 1. The lowest BCUT2D eigenvalue weighted by molar-refractivity contribution is -0.718. The molecular weight excluding hydrogens is 649 g/mol. The van der Waals surface area contributed by atoms with Gasteiger partial charge in [-0.1, -0.05) is 29.8 Å². The second-order valence-corrected chi connectivity index (χ2v) is 13.1. The van der Waals surface area contributed by atoms with Gasteiger partial charge in [0.2, 0.25) is 5.28 Å². The lowest BCUT2D eigenvalue weighted by Crippen LogP contribution is -2.40. The molecule has 1 N–H and O–H groups in total. The lowest BCUT2D eigenvalue weighted by atomic mass is 9.98. The molecule has 0 aliphatic carbocycles. The summed E-state index contributed by atoms with van der Waals surface area (Å²) in [7, 11) is -4.46. The van der Waals surface area contributed by atoms with Crippen molar-refractivity contribution >= 4 is 22.1 Å². The monoisotopic (exact) mass is 684 g/mol. The quantitative estimate of drug-likeness (QED) is 0.0656. The van der Waals surface area contributed by atoms with Gasteiger partial charge in [0.15, 0.2) is 5.69 Å². The Morgan fingerprint density at radius 2 is 1.68 bits per heavy atom. The van der Waals surface area contributed by atoms with E-state index in [1.165, 1.54) is 12.1 Å². The van der Waals surface area contributed by atoms with Crippen LogP contribution in [0.4, 0.5) is 18.0 Å². The summed E-state index contributed by atoms with van der Waals surface area (Å²) in [5, 5.41) is 20.4. The van der Waals surface area contributed by atoms with Crippen LogP contribution in [0.2, 0.25) is 0 Å². The van der Waals surface area contributed by atoms with E-state index in [0.29, 0.717) is 5.56 Å². The van der Waals surface area contributed by atoms with Gasteiger partial charge < -0.3 is 19.5 Å². The highest BCUT2D eigenvalue weighted by atomic mass is 32.2. The molecule has 256 valence electrons. The van der Waals surface area contributed by atoms with Gasteiger partial charge in [-0.05, 0) is 71.9 Å². The third-order valence-electron chi connectivity index (χ3n) is 6.31. The zero-order valence-electron chi connectivity index (χ0n) is 26.4. The van der Waals surface area contributed by atoms with Crippen LogP contribution in [0.25, 0.3) is 16.9 Å². The Morgan fingerprint density at radius 1 is 1.06 bits per heavy atom. The van der Waals surface area contributed by atoms with Crippen molar-refractivity contribution in [2.75, 3.05) is 19.9 Å². The number of hydrogen-bond donors (Lipinski definition) is 1. The van der Waals surface area contributed by atoms with Gasteiger partial charge in [-0.3, -0.25) is 4.79 Å². The largest absolute Gasteiger partial charge is 0.569 e. The molecule has 1 amide bonds. The van der Waals surface area contributed by atoms with E-state index >= 15 is 0 Å². The van der Waals surface area contributed by atoms with Crippen molar-refractivity contribution in [3.05, 3.63) is 71.1 Å². The van der Waals surface area contributed by atoms with Crippen molar-refractivity contribution in [3.63, 3.8) is 0 Å². The summed E-state index contributed by atoms with van der Waals surface area (Å²) in [6, 6.07) is 11.8. The van der Waals surface area contributed by atoms with E-state index in [4.69, 9.17) is 14.3 Å². The molecule has 47 heavy (non-hydrogen) atoms. The summed E-state index contributed by atoms with van der Waals surface area (Å²) in [4.78, 5) is 28.4. The molecule has 1 heterocycles. The summed E-state index contributed by atoms with van der Waals surface area (Å²) in [5.41, 5.74) is -0.290. The number of benzene rings is 2. The van der Waals surface area contributed by atoms with Gasteiger partial charge in [0.05, 0.1) is 32.7 Å². The van der Waals surface area contributed by atoms with Gasteiger partial charge in [-0.15, -0.1) is 5.01 Å². The van der Waals surface area contributed by atoms with E-state index < -0.39 is 58.8 Å². The summed E-state index contributed by atoms with van der Waals surface area (Å²) < 4.78 is 78.6. The minimum Gasteiger partial charge on any atom is -0.569 e. The van der Waals surface area contributed by atoms with Crippen LogP contribution in [-0.4, -0.2) is 66.2 Å². The SMILES string of the molecule is Cc1ccc(-c2cc(C(F)(F)F)nn2-c2ccc(S(=O)(=O)NC(=O)OCCN(C(C)C)/[N+]([O-])=N/OCOC(=O)C(C)(C)C)cc2)cc1. The normalized spacial score (nSPS) is 12.5. The fourth-order valence-electron chi connectivity index (χ4n) is 3.80. The first-order valence-electron chi connectivity index (χ1n) is 14.1. The fraction of sp³-hybridized carbons (Fsp3) is 0.414. The maximum Gasteiger partial charge on any atom is 0.435 e. The fourth-order valence-corrected chi connectivity index (χ4v) is 4.69. The zero-order valence-corrected chi connectivity index (χ0v) is 27.3. The number of halogens is 3. The second kappa shape index (κ2) is 14.7. The number of hydrazine groups is 1. The van der Waals surface area contributed by atoms with Gasteiger partial charge in [-0.2, -0.15) is 18.3 Å². The van der Waals surface area contributed by atoms with E-state index in [2.05, 4.69) is 10.4 Å². The molecule has 1 aromatic heterocycles. The topological polar surface area (TPSA) is 167 Å². The van der Waals surface area contributed by atoms with Crippen LogP contribution in [0.3, 0.4) is 0 Å². The van der Waals surface area contributed by atoms with Crippen LogP contribution in [0.5, 0.6) is 0 Å². The van der Waals surface area contributed by atoms with E-state index in [1.807, 2.05) is 6.92 Å². The number of rotatable bonds is 12. The van der Waals surface area contributed by atoms with Crippen molar-refractivity contribution in [2.24, 2.45) is 10.7 Å². The molecule has 3 rings (SSSR count). The third kappa shape index (κ3) is 10.1. The Hall–Kier alpha value is -4.87. The average Bonchev–Trinajstić information content (AvgIpc) is 3.43. The molecule has 0 fully saturated rings. The Balaban J connectivity index is 1.64. The molecule has 18 heteroatoms. The van der Waals surface area contributed by atoms with Crippen LogP contribution in [-0.2, 0) is 35.3 Å². The maximum absolute atomic E-state index is 13.5. The predicted molar refractivity (Wildman–Crippen MR) is 160 cm³/mol. The highest BCUT2D eigenvalue weighted by Crippen LogP contribution is 2.33. The van der Waals surface area contributed by atoms with E-state index in [9.17, 15) is 36.4 Å². The highest BCUT2D eigenvalue weighted by Gasteiger charge is 2.35. The molecule has 0 aliphatic heterocycles. The number of amides is 1. The van der Waals surface area contributed by atoms with Crippen molar-refractivity contribution in [1.29, 1.82) is 0 Å². The molecule has 14 nitrogen and oxygen atoms in total. The lowest BCUT2D eigenvalue weighted by Gasteiger charge is -2.21. The number of aromatic nitrogens is 2. The molecule has 0 atom stereocenters. The summed E-state index contributed by atoms with van der Waals surface area (Å²) in [5.74, 6) is -0.569. The van der Waals surface area contributed by atoms with Crippen LogP contribution in [0.15, 0.2) is 64.8 Å². The number of carbonyl (C=O) groups excluding carboxylic acids is 2. The first kappa shape index (κ1) is 36.6. The minimum absolute atomic E-state index is 0.0661. The number of esters is 1. The first-order chi connectivity index (χ1) is 21.8. The Labute approximate surface area is 269 Å².